The van der Waals surface area contributed by atoms with Crippen molar-refractivity contribution in [3.63, 3.8) is 0 Å². The lowest BCUT2D eigenvalue weighted by Gasteiger charge is -2.26. The van der Waals surface area contributed by atoms with E-state index in [0.29, 0.717) is 12.3 Å². The van der Waals surface area contributed by atoms with Crippen LogP contribution >= 0.6 is 11.8 Å². The number of aryl methyl sites for hydroxylation is 1. The van der Waals surface area contributed by atoms with Gasteiger partial charge in [-0.2, -0.15) is 11.8 Å². The van der Waals surface area contributed by atoms with Crippen molar-refractivity contribution in [1.82, 2.24) is 10.2 Å². The van der Waals surface area contributed by atoms with Gasteiger partial charge in [-0.1, -0.05) is 29.8 Å². The maximum atomic E-state index is 12.0. The number of amides is 1. The van der Waals surface area contributed by atoms with E-state index in [9.17, 15) is 4.79 Å². The minimum absolute atomic E-state index is 0.220. The highest BCUT2D eigenvalue weighted by molar-refractivity contribution is 7.99. The third-order valence-electron chi connectivity index (χ3n) is 3.41. The summed E-state index contributed by atoms with van der Waals surface area (Å²) in [7, 11) is 1.88. The average molecular weight is 278 g/mol. The number of hydrogen-bond donors (Lipinski definition) is 1. The summed E-state index contributed by atoms with van der Waals surface area (Å²) in [5.74, 6) is 2.67. The van der Waals surface area contributed by atoms with Crippen LogP contribution < -0.4 is 5.32 Å². The summed E-state index contributed by atoms with van der Waals surface area (Å²) >= 11 is 1.76. The largest absolute Gasteiger partial charge is 0.341 e. The Labute approximate surface area is 119 Å². The maximum absolute atomic E-state index is 12.0. The number of benzene rings is 1. The van der Waals surface area contributed by atoms with Gasteiger partial charge in [-0.25, -0.2) is 0 Å². The van der Waals surface area contributed by atoms with Crippen molar-refractivity contribution >= 4 is 17.7 Å². The number of thioether (sulfide) groups is 1. The van der Waals surface area contributed by atoms with Crippen LogP contribution in [0.25, 0.3) is 0 Å². The highest BCUT2D eigenvalue weighted by Crippen LogP contribution is 2.13. The van der Waals surface area contributed by atoms with Crippen LogP contribution in [-0.2, 0) is 11.3 Å². The third-order valence-corrected chi connectivity index (χ3v) is 4.57. The van der Waals surface area contributed by atoms with Gasteiger partial charge in [0.2, 0.25) is 5.91 Å². The molecule has 4 heteroatoms. The van der Waals surface area contributed by atoms with Gasteiger partial charge >= 0.3 is 0 Å². The molecule has 1 heterocycles. The normalized spacial score (nSPS) is 15.1. The van der Waals surface area contributed by atoms with E-state index >= 15 is 0 Å². The standard InChI is InChI=1S/C15H22N2OS/c1-12-3-5-13(6-4-12)9-17(2)15(18)11-19-10-14-7-16-8-14/h3-6,14,16H,7-11H2,1-2H3. The van der Waals surface area contributed by atoms with E-state index in [2.05, 4.69) is 36.5 Å². The first kappa shape index (κ1) is 14.4. The molecule has 1 amide bonds. The van der Waals surface area contributed by atoms with Gasteiger partial charge in [-0.15, -0.1) is 0 Å². The van der Waals surface area contributed by atoms with Crippen LogP contribution in [0.4, 0.5) is 0 Å². The Morgan fingerprint density at radius 2 is 2.05 bits per heavy atom. The second kappa shape index (κ2) is 6.96. The second-order valence-corrected chi connectivity index (χ2v) is 6.31. The molecular formula is C15H22N2OS. The Bertz CT molecular complexity index is 415. The van der Waals surface area contributed by atoms with Crippen LogP contribution in [0.15, 0.2) is 24.3 Å². The molecule has 0 radical (unpaired) electrons. The number of rotatable bonds is 6. The highest BCUT2D eigenvalue weighted by Gasteiger charge is 2.17. The van der Waals surface area contributed by atoms with E-state index in [1.54, 1.807) is 11.8 Å². The van der Waals surface area contributed by atoms with Crippen molar-refractivity contribution in [2.45, 2.75) is 13.5 Å². The summed E-state index contributed by atoms with van der Waals surface area (Å²) in [6, 6.07) is 8.36. The van der Waals surface area contributed by atoms with Gasteiger partial charge in [0.25, 0.3) is 0 Å². The topological polar surface area (TPSA) is 32.3 Å². The van der Waals surface area contributed by atoms with Crippen molar-refractivity contribution in [1.29, 1.82) is 0 Å². The van der Waals surface area contributed by atoms with E-state index in [4.69, 9.17) is 0 Å². The van der Waals surface area contributed by atoms with Gasteiger partial charge in [-0.05, 0) is 37.2 Å². The SMILES string of the molecule is Cc1ccc(CN(C)C(=O)CSCC2CNC2)cc1. The van der Waals surface area contributed by atoms with Crippen LogP contribution in [0, 0.1) is 12.8 Å². The molecular weight excluding hydrogens is 256 g/mol. The molecule has 1 aliphatic heterocycles. The van der Waals surface area contributed by atoms with Crippen molar-refractivity contribution in [3.05, 3.63) is 35.4 Å². The summed E-state index contributed by atoms with van der Waals surface area (Å²) < 4.78 is 0. The quantitative estimate of drug-likeness (QED) is 0.862. The zero-order chi connectivity index (χ0) is 13.7. The number of carbonyl (C=O) groups is 1. The molecule has 3 nitrogen and oxygen atoms in total. The predicted octanol–water partition coefficient (Wildman–Crippen LogP) is 1.91. The average Bonchev–Trinajstić information content (AvgIpc) is 2.35. The van der Waals surface area contributed by atoms with Gasteiger partial charge in [0.05, 0.1) is 5.75 Å². The van der Waals surface area contributed by atoms with Gasteiger partial charge in [0.1, 0.15) is 0 Å². The molecule has 0 unspecified atom stereocenters. The van der Waals surface area contributed by atoms with Crippen LogP contribution in [-0.4, -0.2) is 42.4 Å². The van der Waals surface area contributed by atoms with Crippen LogP contribution in [0.5, 0.6) is 0 Å². The lowest BCUT2D eigenvalue weighted by atomic mass is 10.1. The molecule has 0 aromatic heterocycles. The van der Waals surface area contributed by atoms with E-state index in [1.165, 1.54) is 11.1 Å². The molecule has 1 aliphatic rings. The molecule has 1 N–H and O–H groups in total. The Hall–Kier alpha value is -1.00. The maximum Gasteiger partial charge on any atom is 0.232 e. The number of nitrogens with one attached hydrogen (secondary N) is 1. The third kappa shape index (κ3) is 4.55. The minimum atomic E-state index is 0.220. The summed E-state index contributed by atoms with van der Waals surface area (Å²) in [6.07, 6.45) is 0. The zero-order valence-corrected chi connectivity index (χ0v) is 12.5. The molecule has 0 spiro atoms. The Morgan fingerprint density at radius 1 is 1.37 bits per heavy atom. The Kier molecular flexibility index (Phi) is 5.28. The molecule has 1 aromatic carbocycles. The van der Waals surface area contributed by atoms with Crippen molar-refractivity contribution in [2.75, 3.05) is 31.6 Å². The lowest BCUT2D eigenvalue weighted by molar-refractivity contribution is -0.127. The number of carbonyl (C=O) groups excluding carboxylic acids is 1. The monoisotopic (exact) mass is 278 g/mol. The molecule has 2 rings (SSSR count). The van der Waals surface area contributed by atoms with Gasteiger partial charge in [-0.3, -0.25) is 4.79 Å². The molecule has 0 saturated carbocycles. The summed E-state index contributed by atoms with van der Waals surface area (Å²) in [5, 5.41) is 3.25. The first-order valence-electron chi connectivity index (χ1n) is 6.73. The number of nitrogens with zero attached hydrogens (tertiary/aromatic N) is 1. The van der Waals surface area contributed by atoms with Crippen molar-refractivity contribution < 1.29 is 4.79 Å². The van der Waals surface area contributed by atoms with E-state index in [0.717, 1.165) is 24.8 Å². The predicted molar refractivity (Wildman–Crippen MR) is 81.3 cm³/mol. The van der Waals surface area contributed by atoms with Crippen LogP contribution in [0.3, 0.4) is 0 Å². The molecule has 0 atom stereocenters. The zero-order valence-electron chi connectivity index (χ0n) is 11.7. The lowest BCUT2D eigenvalue weighted by Crippen LogP contribution is -2.43. The molecule has 1 aromatic rings. The van der Waals surface area contributed by atoms with Crippen LogP contribution in [0.1, 0.15) is 11.1 Å². The molecule has 1 saturated heterocycles. The highest BCUT2D eigenvalue weighted by atomic mass is 32.2. The summed E-state index contributed by atoms with van der Waals surface area (Å²) in [5.41, 5.74) is 2.44. The van der Waals surface area contributed by atoms with E-state index in [1.807, 2.05) is 11.9 Å². The molecule has 19 heavy (non-hydrogen) atoms. The fraction of sp³-hybridized carbons (Fsp3) is 0.533. The van der Waals surface area contributed by atoms with Crippen molar-refractivity contribution in [2.24, 2.45) is 5.92 Å². The molecule has 1 fully saturated rings. The van der Waals surface area contributed by atoms with Crippen molar-refractivity contribution in [3.8, 4) is 0 Å². The first-order chi connectivity index (χ1) is 9.15. The fourth-order valence-electron chi connectivity index (χ4n) is 1.94. The van der Waals surface area contributed by atoms with Gasteiger partial charge < -0.3 is 10.2 Å². The Balaban J connectivity index is 1.70. The Morgan fingerprint density at radius 3 is 2.63 bits per heavy atom. The molecule has 0 aliphatic carbocycles. The number of hydrogen-bond acceptors (Lipinski definition) is 3. The van der Waals surface area contributed by atoms with Crippen LogP contribution in [0.2, 0.25) is 0 Å². The molecule has 0 bridgehead atoms. The first-order valence-corrected chi connectivity index (χ1v) is 7.88. The van der Waals surface area contributed by atoms with Gasteiger partial charge in [0, 0.05) is 13.6 Å². The van der Waals surface area contributed by atoms with Gasteiger partial charge in [0.15, 0.2) is 0 Å². The van der Waals surface area contributed by atoms with E-state index in [-0.39, 0.29) is 5.91 Å². The smallest absolute Gasteiger partial charge is 0.232 e. The second-order valence-electron chi connectivity index (χ2n) is 5.27. The summed E-state index contributed by atoms with van der Waals surface area (Å²) in [6.45, 7) is 5.00. The minimum Gasteiger partial charge on any atom is -0.341 e. The summed E-state index contributed by atoms with van der Waals surface area (Å²) in [4.78, 5) is 13.8. The fourth-order valence-corrected chi connectivity index (χ4v) is 3.03. The molecule has 104 valence electrons. The van der Waals surface area contributed by atoms with E-state index < -0.39 is 0 Å².